The van der Waals surface area contributed by atoms with Gasteiger partial charge in [0.15, 0.2) is 0 Å². The zero-order chi connectivity index (χ0) is 11.9. The lowest BCUT2D eigenvalue weighted by Gasteiger charge is -2.23. The van der Waals surface area contributed by atoms with E-state index in [0.717, 1.165) is 0 Å². The van der Waals surface area contributed by atoms with Crippen molar-refractivity contribution in [2.75, 3.05) is 13.2 Å². The maximum Gasteiger partial charge on any atom is 0.305 e. The van der Waals surface area contributed by atoms with Gasteiger partial charge >= 0.3 is 11.9 Å². The third kappa shape index (κ3) is 6.94. The van der Waals surface area contributed by atoms with E-state index in [1.54, 1.807) is 13.8 Å². The molecule has 0 aliphatic carbocycles. The lowest BCUT2D eigenvalue weighted by Crippen LogP contribution is -2.28. The second-order valence-electron chi connectivity index (χ2n) is 4.19. The van der Waals surface area contributed by atoms with Crippen LogP contribution in [-0.2, 0) is 19.1 Å². The first-order chi connectivity index (χ1) is 6.91. The van der Waals surface area contributed by atoms with Crippen LogP contribution in [0.4, 0.5) is 0 Å². The first-order valence-electron chi connectivity index (χ1n) is 5.22. The number of hydrogen-bond acceptors (Lipinski definition) is 4. The van der Waals surface area contributed by atoms with Gasteiger partial charge in [0.05, 0.1) is 13.2 Å². The predicted molar refractivity (Wildman–Crippen MR) is 56.3 cm³/mol. The molecule has 0 spiro atoms. The Labute approximate surface area is 90.9 Å². The largest absolute Gasteiger partial charge is 0.465 e. The van der Waals surface area contributed by atoms with Crippen LogP contribution in [0, 0.1) is 5.41 Å². The third-order valence-corrected chi connectivity index (χ3v) is 1.83. The summed E-state index contributed by atoms with van der Waals surface area (Å²) in [5.74, 6) is -0.463. The fourth-order valence-corrected chi connectivity index (χ4v) is 0.798. The van der Waals surface area contributed by atoms with Crippen LogP contribution in [0.5, 0.6) is 0 Å². The van der Waals surface area contributed by atoms with Gasteiger partial charge < -0.3 is 9.47 Å². The average Bonchev–Trinajstić information content (AvgIpc) is 2.22. The molecule has 0 saturated heterocycles. The fourth-order valence-electron chi connectivity index (χ4n) is 0.798. The van der Waals surface area contributed by atoms with Crippen LogP contribution in [0.15, 0.2) is 0 Å². The van der Waals surface area contributed by atoms with E-state index >= 15 is 0 Å². The smallest absolute Gasteiger partial charge is 0.305 e. The van der Waals surface area contributed by atoms with Gasteiger partial charge in [0, 0.05) is 18.3 Å². The molecule has 0 bridgehead atoms. The van der Waals surface area contributed by atoms with E-state index in [1.165, 1.54) is 0 Å². The molecule has 4 heteroatoms. The molecule has 0 radical (unpaired) electrons. The van der Waals surface area contributed by atoms with E-state index in [4.69, 9.17) is 9.47 Å². The highest BCUT2D eigenvalue weighted by molar-refractivity contribution is 5.69. The van der Waals surface area contributed by atoms with Gasteiger partial charge in [0.1, 0.15) is 0 Å². The Kier molecular flexibility index (Phi) is 5.97. The molecule has 0 atom stereocenters. The Morgan fingerprint density at radius 3 is 1.53 bits per heavy atom. The van der Waals surface area contributed by atoms with Crippen molar-refractivity contribution >= 4 is 11.9 Å². The summed E-state index contributed by atoms with van der Waals surface area (Å²) in [4.78, 5) is 21.8. The number of carbonyl (C=O) groups excluding carboxylic acids is 2. The number of rotatable bonds is 6. The van der Waals surface area contributed by atoms with Gasteiger partial charge in [-0.2, -0.15) is 0 Å². The minimum absolute atomic E-state index is 0.232. The molecule has 0 unspecified atom stereocenters. The summed E-state index contributed by atoms with van der Waals surface area (Å²) in [7, 11) is 0. The maximum absolute atomic E-state index is 10.9. The van der Waals surface area contributed by atoms with Gasteiger partial charge in [0.25, 0.3) is 0 Å². The van der Waals surface area contributed by atoms with Gasteiger partial charge in [0.2, 0.25) is 0 Å². The van der Waals surface area contributed by atoms with Crippen molar-refractivity contribution in [2.24, 2.45) is 5.41 Å². The number of ether oxygens (including phenoxy) is 2. The molecular weight excluding hydrogens is 196 g/mol. The Morgan fingerprint density at radius 2 is 1.27 bits per heavy atom. The van der Waals surface area contributed by atoms with Crippen LogP contribution in [0.2, 0.25) is 0 Å². The Balaban J connectivity index is 3.86. The summed E-state index contributed by atoms with van der Waals surface area (Å²) in [5.41, 5.74) is -0.324. The van der Waals surface area contributed by atoms with Gasteiger partial charge in [-0.25, -0.2) is 0 Å². The van der Waals surface area contributed by atoms with Crippen LogP contribution in [0.25, 0.3) is 0 Å². The molecule has 0 fully saturated rings. The molecular formula is C11H20O4. The highest BCUT2D eigenvalue weighted by Gasteiger charge is 2.22. The van der Waals surface area contributed by atoms with Crippen molar-refractivity contribution in [1.29, 1.82) is 0 Å². The first kappa shape index (κ1) is 13.9. The monoisotopic (exact) mass is 216 g/mol. The van der Waals surface area contributed by atoms with E-state index in [-0.39, 0.29) is 30.6 Å². The van der Waals surface area contributed by atoms with E-state index in [9.17, 15) is 9.59 Å². The van der Waals surface area contributed by atoms with Gasteiger partial charge in [-0.3, -0.25) is 9.59 Å². The van der Waals surface area contributed by atoms with Crippen LogP contribution in [-0.4, -0.2) is 25.2 Å². The van der Waals surface area contributed by atoms with Crippen molar-refractivity contribution < 1.29 is 19.1 Å². The topological polar surface area (TPSA) is 52.6 Å². The van der Waals surface area contributed by atoms with Gasteiger partial charge in [-0.1, -0.05) is 27.7 Å². The standard InChI is InChI=1S/C11H20O4/c1-5-9(12)14-7-11(3,4)8-15-10(13)6-2/h5-8H2,1-4H3. The Bertz CT molecular complexity index is 199. The second kappa shape index (κ2) is 6.43. The third-order valence-electron chi connectivity index (χ3n) is 1.83. The SMILES string of the molecule is CCC(=O)OCC(C)(C)COC(=O)CC. The minimum atomic E-state index is -0.324. The van der Waals surface area contributed by atoms with Gasteiger partial charge in [-0.05, 0) is 0 Å². The summed E-state index contributed by atoms with van der Waals surface area (Å²) in [5, 5.41) is 0. The zero-order valence-corrected chi connectivity index (χ0v) is 9.96. The molecule has 0 saturated carbocycles. The molecule has 0 rings (SSSR count). The quantitative estimate of drug-likeness (QED) is 0.636. The molecule has 0 aliphatic rings. The molecule has 15 heavy (non-hydrogen) atoms. The average molecular weight is 216 g/mol. The van der Waals surface area contributed by atoms with Crippen LogP contribution >= 0.6 is 0 Å². The molecule has 0 N–H and O–H groups in total. The molecule has 0 aromatic heterocycles. The van der Waals surface area contributed by atoms with Gasteiger partial charge in [-0.15, -0.1) is 0 Å². The summed E-state index contributed by atoms with van der Waals surface area (Å²) in [6.07, 6.45) is 0.732. The number of esters is 2. The minimum Gasteiger partial charge on any atom is -0.465 e. The van der Waals surface area contributed by atoms with Crippen LogP contribution in [0.3, 0.4) is 0 Å². The highest BCUT2D eigenvalue weighted by atomic mass is 16.5. The molecule has 0 heterocycles. The summed E-state index contributed by atoms with van der Waals surface area (Å²) >= 11 is 0. The van der Waals surface area contributed by atoms with E-state index in [1.807, 2.05) is 13.8 Å². The van der Waals surface area contributed by atoms with Crippen molar-refractivity contribution in [3.8, 4) is 0 Å². The maximum atomic E-state index is 10.9. The molecule has 0 aliphatic heterocycles. The van der Waals surface area contributed by atoms with Crippen molar-refractivity contribution in [2.45, 2.75) is 40.5 Å². The fraction of sp³-hybridized carbons (Fsp3) is 0.818. The van der Waals surface area contributed by atoms with E-state index < -0.39 is 0 Å². The first-order valence-corrected chi connectivity index (χ1v) is 5.22. The zero-order valence-electron chi connectivity index (χ0n) is 9.96. The molecule has 0 amide bonds. The summed E-state index contributed by atoms with van der Waals surface area (Å²) in [6.45, 7) is 7.81. The van der Waals surface area contributed by atoms with Crippen molar-refractivity contribution in [3.05, 3.63) is 0 Å². The van der Waals surface area contributed by atoms with Crippen LogP contribution in [0.1, 0.15) is 40.5 Å². The molecule has 4 nitrogen and oxygen atoms in total. The highest BCUT2D eigenvalue weighted by Crippen LogP contribution is 2.16. The Hall–Kier alpha value is -1.06. The summed E-state index contributed by atoms with van der Waals surface area (Å²) < 4.78 is 9.98. The lowest BCUT2D eigenvalue weighted by molar-refractivity contribution is -0.152. The van der Waals surface area contributed by atoms with Crippen LogP contribution < -0.4 is 0 Å². The van der Waals surface area contributed by atoms with E-state index in [0.29, 0.717) is 12.8 Å². The lowest BCUT2D eigenvalue weighted by atomic mass is 9.96. The van der Waals surface area contributed by atoms with Crippen molar-refractivity contribution in [3.63, 3.8) is 0 Å². The Morgan fingerprint density at radius 1 is 0.933 bits per heavy atom. The number of hydrogen-bond donors (Lipinski definition) is 0. The summed E-state index contributed by atoms with van der Waals surface area (Å²) in [6, 6.07) is 0. The number of carbonyl (C=O) groups is 2. The second-order valence-corrected chi connectivity index (χ2v) is 4.19. The predicted octanol–water partition coefficient (Wildman–Crippen LogP) is 1.92. The molecule has 0 aromatic rings. The normalized spacial score (nSPS) is 10.9. The van der Waals surface area contributed by atoms with Crippen molar-refractivity contribution in [1.82, 2.24) is 0 Å². The molecule has 0 aromatic carbocycles. The van der Waals surface area contributed by atoms with E-state index in [2.05, 4.69) is 0 Å². The molecule has 88 valence electrons.